The second-order valence-corrected chi connectivity index (χ2v) is 8.19. The molecule has 1 atom stereocenters. The highest BCUT2D eigenvalue weighted by Gasteiger charge is 2.57. The molecule has 4 nitrogen and oxygen atoms in total. The summed E-state index contributed by atoms with van der Waals surface area (Å²) >= 11 is 6.01. The van der Waals surface area contributed by atoms with Crippen LogP contribution in [0.4, 0.5) is 5.69 Å². The molecule has 0 aromatic heterocycles. The highest BCUT2D eigenvalue weighted by Crippen LogP contribution is 2.58. The van der Waals surface area contributed by atoms with Crippen LogP contribution in [0.3, 0.4) is 0 Å². The molecule has 6 heteroatoms. The van der Waals surface area contributed by atoms with Crippen LogP contribution in [-0.2, 0) is 11.4 Å². The van der Waals surface area contributed by atoms with E-state index < -0.39 is 0 Å². The maximum Gasteiger partial charge on any atom is 0.228 e. The van der Waals surface area contributed by atoms with Crippen molar-refractivity contribution in [2.45, 2.75) is 32.8 Å². The molecule has 1 aliphatic carbocycles. The number of amides is 1. The third-order valence-electron chi connectivity index (χ3n) is 5.86. The maximum absolute atomic E-state index is 12.7. The number of nitrogens with one attached hydrogen (secondary N) is 2. The molecule has 0 bridgehead atoms. The molecular formula is C22H26Cl2N2O2. The molecule has 0 radical (unpaired) electrons. The molecule has 1 heterocycles. The second kappa shape index (κ2) is 8.73. The first-order chi connectivity index (χ1) is 13.1. The Morgan fingerprint density at radius 2 is 2.04 bits per heavy atom. The van der Waals surface area contributed by atoms with Crippen LogP contribution in [0.5, 0.6) is 5.75 Å². The second-order valence-electron chi connectivity index (χ2n) is 7.75. The molecule has 2 aliphatic rings. The first-order valence-electron chi connectivity index (χ1n) is 9.55. The highest BCUT2D eigenvalue weighted by atomic mass is 35.5. The zero-order chi connectivity index (χ0) is 18.9. The Hall–Kier alpha value is -1.75. The van der Waals surface area contributed by atoms with Gasteiger partial charge in [-0.25, -0.2) is 0 Å². The van der Waals surface area contributed by atoms with E-state index in [1.54, 1.807) is 0 Å². The SMILES string of the molecule is Cc1cc(OCc2cccc(Cl)c2)ccc1NC(=O)C1CC12CCNCC2.Cl. The fourth-order valence-electron chi connectivity index (χ4n) is 4.08. The number of aryl methyl sites for hydroxylation is 1. The van der Waals surface area contributed by atoms with E-state index in [1.165, 1.54) is 0 Å². The van der Waals surface area contributed by atoms with Gasteiger partial charge in [0.2, 0.25) is 5.91 Å². The molecule has 1 aliphatic heterocycles. The van der Waals surface area contributed by atoms with Crippen LogP contribution >= 0.6 is 24.0 Å². The van der Waals surface area contributed by atoms with Crippen LogP contribution < -0.4 is 15.4 Å². The Kier molecular flexibility index (Phi) is 6.54. The van der Waals surface area contributed by atoms with Crippen molar-refractivity contribution in [1.82, 2.24) is 5.32 Å². The van der Waals surface area contributed by atoms with Crippen LogP contribution in [0.25, 0.3) is 0 Å². The number of hydrogen-bond donors (Lipinski definition) is 2. The van der Waals surface area contributed by atoms with Crippen LogP contribution in [0.2, 0.25) is 5.02 Å². The first-order valence-corrected chi connectivity index (χ1v) is 9.93. The third kappa shape index (κ3) is 4.62. The van der Waals surface area contributed by atoms with Crippen molar-refractivity contribution in [3.63, 3.8) is 0 Å². The Bertz CT molecular complexity index is 850. The van der Waals surface area contributed by atoms with Gasteiger partial charge >= 0.3 is 0 Å². The Morgan fingerprint density at radius 3 is 2.75 bits per heavy atom. The van der Waals surface area contributed by atoms with Crippen LogP contribution in [-0.4, -0.2) is 19.0 Å². The number of carbonyl (C=O) groups is 1. The van der Waals surface area contributed by atoms with E-state index >= 15 is 0 Å². The van der Waals surface area contributed by atoms with Crippen molar-refractivity contribution < 1.29 is 9.53 Å². The lowest BCUT2D eigenvalue weighted by Gasteiger charge is -2.23. The van der Waals surface area contributed by atoms with Gasteiger partial charge in [0.1, 0.15) is 12.4 Å². The molecule has 2 aromatic carbocycles. The largest absolute Gasteiger partial charge is 0.489 e. The molecule has 150 valence electrons. The topological polar surface area (TPSA) is 50.4 Å². The lowest BCUT2D eigenvalue weighted by atomic mass is 9.91. The van der Waals surface area contributed by atoms with Gasteiger partial charge in [-0.2, -0.15) is 0 Å². The summed E-state index contributed by atoms with van der Waals surface area (Å²) in [5, 5.41) is 7.20. The molecule has 2 fully saturated rings. The summed E-state index contributed by atoms with van der Waals surface area (Å²) in [6.45, 7) is 4.52. The highest BCUT2D eigenvalue weighted by molar-refractivity contribution is 6.30. The number of benzene rings is 2. The molecule has 1 saturated heterocycles. The first kappa shape index (κ1) is 21.0. The zero-order valence-corrected chi connectivity index (χ0v) is 17.5. The number of halogens is 2. The molecule has 2 N–H and O–H groups in total. The number of anilines is 1. The lowest BCUT2D eigenvalue weighted by Crippen LogP contribution is -2.31. The van der Waals surface area contributed by atoms with Gasteiger partial charge in [0.25, 0.3) is 0 Å². The smallest absolute Gasteiger partial charge is 0.228 e. The number of rotatable bonds is 5. The number of hydrogen-bond acceptors (Lipinski definition) is 3. The van der Waals surface area contributed by atoms with Gasteiger partial charge in [-0.1, -0.05) is 23.7 Å². The minimum Gasteiger partial charge on any atom is -0.489 e. The van der Waals surface area contributed by atoms with Gasteiger partial charge in [-0.15, -0.1) is 12.4 Å². The summed E-state index contributed by atoms with van der Waals surface area (Å²) in [4.78, 5) is 12.7. The molecular weight excluding hydrogens is 395 g/mol. The average molecular weight is 421 g/mol. The predicted octanol–water partition coefficient (Wildman–Crippen LogP) is 4.98. The van der Waals surface area contributed by atoms with Crippen molar-refractivity contribution >= 4 is 35.6 Å². The van der Waals surface area contributed by atoms with Crippen molar-refractivity contribution in [2.24, 2.45) is 11.3 Å². The lowest BCUT2D eigenvalue weighted by molar-refractivity contribution is -0.118. The van der Waals surface area contributed by atoms with Gasteiger partial charge in [-0.05, 0) is 86.1 Å². The van der Waals surface area contributed by atoms with E-state index in [4.69, 9.17) is 16.3 Å². The molecule has 1 spiro atoms. The number of carbonyl (C=O) groups excluding carboxylic acids is 1. The predicted molar refractivity (Wildman–Crippen MR) is 115 cm³/mol. The quantitative estimate of drug-likeness (QED) is 0.716. The summed E-state index contributed by atoms with van der Waals surface area (Å²) in [6, 6.07) is 13.4. The third-order valence-corrected chi connectivity index (χ3v) is 6.09. The summed E-state index contributed by atoms with van der Waals surface area (Å²) in [5.41, 5.74) is 3.15. The monoisotopic (exact) mass is 420 g/mol. The standard InChI is InChI=1S/C22H25ClN2O2.ClH/c1-15-11-18(27-14-16-3-2-4-17(23)12-16)5-6-20(15)25-21(26)19-13-22(19)7-9-24-10-8-22;/h2-6,11-12,19,24H,7-10,13-14H2,1H3,(H,25,26);1H. The molecule has 28 heavy (non-hydrogen) atoms. The van der Waals surface area contributed by atoms with Crippen LogP contribution in [0.1, 0.15) is 30.4 Å². The summed E-state index contributed by atoms with van der Waals surface area (Å²) in [6.07, 6.45) is 3.25. The minimum atomic E-state index is 0. The van der Waals surface area contributed by atoms with Crippen molar-refractivity contribution in [1.29, 1.82) is 0 Å². The van der Waals surface area contributed by atoms with Crippen molar-refractivity contribution in [3.8, 4) is 5.75 Å². The van der Waals surface area contributed by atoms with Gasteiger partial charge in [-0.3, -0.25) is 4.79 Å². The molecule has 1 saturated carbocycles. The number of ether oxygens (including phenoxy) is 1. The van der Waals surface area contributed by atoms with E-state index in [0.29, 0.717) is 11.6 Å². The average Bonchev–Trinajstić information content (AvgIpc) is 3.35. The Labute approximate surface area is 177 Å². The van der Waals surface area contributed by atoms with E-state index in [0.717, 1.165) is 54.9 Å². The van der Waals surface area contributed by atoms with Crippen LogP contribution in [0.15, 0.2) is 42.5 Å². The summed E-state index contributed by atoms with van der Waals surface area (Å²) in [7, 11) is 0. The Morgan fingerprint density at radius 1 is 1.25 bits per heavy atom. The van der Waals surface area contributed by atoms with Crippen LogP contribution in [0, 0.1) is 18.3 Å². The Balaban J connectivity index is 0.00000225. The maximum atomic E-state index is 12.7. The number of piperidine rings is 1. The van der Waals surface area contributed by atoms with E-state index in [-0.39, 0.29) is 29.6 Å². The molecule has 1 amide bonds. The molecule has 2 aromatic rings. The van der Waals surface area contributed by atoms with Gasteiger partial charge in [0, 0.05) is 16.6 Å². The normalized spacial score (nSPS) is 19.6. The zero-order valence-electron chi connectivity index (χ0n) is 16.0. The van der Waals surface area contributed by atoms with E-state index in [1.807, 2.05) is 49.4 Å². The van der Waals surface area contributed by atoms with Gasteiger partial charge in [0.05, 0.1) is 0 Å². The minimum absolute atomic E-state index is 0. The molecule has 4 rings (SSSR count). The van der Waals surface area contributed by atoms with Crippen molar-refractivity contribution in [2.75, 3.05) is 18.4 Å². The fourth-order valence-corrected chi connectivity index (χ4v) is 4.29. The van der Waals surface area contributed by atoms with E-state index in [9.17, 15) is 4.79 Å². The summed E-state index contributed by atoms with van der Waals surface area (Å²) in [5.74, 6) is 1.11. The van der Waals surface area contributed by atoms with Crippen molar-refractivity contribution in [3.05, 3.63) is 58.6 Å². The van der Waals surface area contributed by atoms with Gasteiger partial charge in [0.15, 0.2) is 0 Å². The van der Waals surface area contributed by atoms with E-state index in [2.05, 4.69) is 10.6 Å². The summed E-state index contributed by atoms with van der Waals surface area (Å²) < 4.78 is 5.86. The molecule has 1 unspecified atom stereocenters. The van der Waals surface area contributed by atoms with Gasteiger partial charge < -0.3 is 15.4 Å². The fraction of sp³-hybridized carbons (Fsp3) is 0.409.